The minimum absolute atomic E-state index is 0.0205. The number of ether oxygens (including phenoxy) is 4. The van der Waals surface area contributed by atoms with Crippen molar-refractivity contribution in [2.45, 2.75) is 69.5 Å². The summed E-state index contributed by atoms with van der Waals surface area (Å²) >= 11 is -1.32. The van der Waals surface area contributed by atoms with Crippen molar-refractivity contribution < 1.29 is 42.3 Å². The number of pyridine rings is 1. The smallest absolute Gasteiger partial charge is 0.264 e. The molecule has 1 aromatic carbocycles. The van der Waals surface area contributed by atoms with Crippen molar-refractivity contribution in [3.8, 4) is 0 Å². The molecule has 1 saturated heterocycles. The van der Waals surface area contributed by atoms with Crippen LogP contribution < -0.4 is 26.2 Å². The zero-order chi connectivity index (χ0) is 44.1. The quantitative estimate of drug-likeness (QED) is 0.0515. The van der Waals surface area contributed by atoms with Gasteiger partial charge in [-0.15, -0.1) is 0 Å². The van der Waals surface area contributed by atoms with E-state index in [1.165, 1.54) is 0 Å². The van der Waals surface area contributed by atoms with Crippen LogP contribution in [0.1, 0.15) is 78.1 Å². The monoisotopic (exact) mass is 883 g/mol. The maximum absolute atomic E-state index is 13.1. The van der Waals surface area contributed by atoms with Gasteiger partial charge in [-0.05, 0) is 64.4 Å². The molecular weight excluding hydrogens is 823 g/mol. The summed E-state index contributed by atoms with van der Waals surface area (Å²) in [6.07, 6.45) is 8.89. The highest BCUT2D eigenvalue weighted by Gasteiger charge is 2.41. The SMILES string of the molecule is CNC.O=CCCC(C=O)N1C(=O)c2cccc(NCCOCCOCCOCCOCCNS(=O)N3CCC(Nc4ncc5ccc(=O)n(C6CCCC6)c5n4)CC3)c2C1=O. The summed E-state index contributed by atoms with van der Waals surface area (Å²) in [5, 5.41) is 10.2. The number of hydrogen-bond donors (Lipinski definition) is 4. The molecule has 0 spiro atoms. The van der Waals surface area contributed by atoms with Crippen LogP contribution in [0.15, 0.2) is 41.3 Å². The second-order valence-electron chi connectivity index (χ2n) is 15.0. The Hall–Kier alpha value is -4.54. The molecule has 2 aliphatic heterocycles. The number of aldehydes is 2. The van der Waals surface area contributed by atoms with Gasteiger partial charge in [0, 0.05) is 68.0 Å². The van der Waals surface area contributed by atoms with Gasteiger partial charge >= 0.3 is 0 Å². The Morgan fingerprint density at radius 3 is 2.13 bits per heavy atom. The van der Waals surface area contributed by atoms with E-state index in [1.807, 2.05) is 23.0 Å². The number of carbonyl (C=O) groups excluding carboxylic acids is 4. The molecule has 19 nitrogen and oxygen atoms in total. The van der Waals surface area contributed by atoms with Crippen LogP contribution in [0.5, 0.6) is 0 Å². The van der Waals surface area contributed by atoms with E-state index in [-0.39, 0.29) is 41.6 Å². The predicted octanol–water partition coefficient (Wildman–Crippen LogP) is 2.11. The average molecular weight is 884 g/mol. The van der Waals surface area contributed by atoms with Crippen LogP contribution in [0, 0.1) is 0 Å². The van der Waals surface area contributed by atoms with Crippen molar-refractivity contribution in [3.05, 3.63) is 58.0 Å². The molecule has 20 heteroatoms. The molecule has 0 radical (unpaired) electrons. The van der Waals surface area contributed by atoms with Crippen LogP contribution in [0.25, 0.3) is 11.0 Å². The first-order chi connectivity index (χ1) is 30.3. The van der Waals surface area contributed by atoms with Crippen molar-refractivity contribution in [1.82, 2.24) is 33.8 Å². The van der Waals surface area contributed by atoms with E-state index in [4.69, 9.17) is 23.9 Å². The Labute approximate surface area is 364 Å². The molecule has 3 aliphatic rings. The van der Waals surface area contributed by atoms with Gasteiger partial charge in [-0.1, -0.05) is 18.9 Å². The molecule has 62 heavy (non-hydrogen) atoms. The second-order valence-corrected chi connectivity index (χ2v) is 16.3. The van der Waals surface area contributed by atoms with E-state index in [0.29, 0.717) is 109 Å². The minimum atomic E-state index is -1.32. The lowest BCUT2D eigenvalue weighted by molar-refractivity contribution is -0.112. The molecule has 3 aromatic rings. The number of rotatable bonds is 26. The maximum Gasteiger partial charge on any atom is 0.264 e. The Kier molecular flexibility index (Phi) is 20.5. The molecule has 1 saturated carbocycles. The third-order valence-corrected chi connectivity index (χ3v) is 11.8. The first-order valence-corrected chi connectivity index (χ1v) is 22.5. The normalized spacial score (nSPS) is 16.8. The minimum Gasteiger partial charge on any atom is -0.382 e. The number of anilines is 2. The molecule has 2 amide bonds. The molecule has 0 bridgehead atoms. The topological polar surface area (TPSA) is 225 Å². The number of imide groups is 1. The number of hydrogen-bond acceptors (Lipinski definition) is 15. The number of piperidine rings is 1. The number of fused-ring (bicyclic) bond motifs is 2. The summed E-state index contributed by atoms with van der Waals surface area (Å²) in [6, 6.07) is 7.61. The van der Waals surface area contributed by atoms with Crippen molar-refractivity contribution in [2.24, 2.45) is 0 Å². The summed E-state index contributed by atoms with van der Waals surface area (Å²) in [5.41, 5.74) is 1.55. The van der Waals surface area contributed by atoms with Crippen LogP contribution >= 0.6 is 0 Å². The lowest BCUT2D eigenvalue weighted by atomic mass is 10.1. The van der Waals surface area contributed by atoms with Gasteiger partial charge in [-0.3, -0.25) is 23.9 Å². The van der Waals surface area contributed by atoms with Crippen LogP contribution in [-0.4, -0.2) is 158 Å². The molecule has 2 aromatic heterocycles. The van der Waals surface area contributed by atoms with Crippen molar-refractivity contribution in [2.75, 3.05) is 104 Å². The molecular formula is C42H61N9O10S. The van der Waals surface area contributed by atoms with Gasteiger partial charge in [0.15, 0.2) is 11.2 Å². The van der Waals surface area contributed by atoms with E-state index in [9.17, 15) is 28.2 Å². The number of nitrogens with one attached hydrogen (secondary N) is 4. The lowest BCUT2D eigenvalue weighted by Gasteiger charge is -2.31. The Morgan fingerprint density at radius 1 is 0.839 bits per heavy atom. The summed E-state index contributed by atoms with van der Waals surface area (Å²) in [7, 11) is 3.75. The third-order valence-electron chi connectivity index (χ3n) is 10.5. The lowest BCUT2D eigenvalue weighted by Crippen LogP contribution is -2.44. The van der Waals surface area contributed by atoms with E-state index >= 15 is 0 Å². The summed E-state index contributed by atoms with van der Waals surface area (Å²) in [4.78, 5) is 71.1. The third kappa shape index (κ3) is 13.7. The zero-order valence-corrected chi connectivity index (χ0v) is 36.5. The zero-order valence-electron chi connectivity index (χ0n) is 35.7. The van der Waals surface area contributed by atoms with Gasteiger partial charge in [0.1, 0.15) is 18.2 Å². The molecule has 2 unspecified atom stereocenters. The van der Waals surface area contributed by atoms with Crippen LogP contribution in [-0.2, 0) is 39.7 Å². The Bertz CT molecular complexity index is 1990. The van der Waals surface area contributed by atoms with Gasteiger partial charge < -0.3 is 44.5 Å². The Balaban J connectivity index is 0.00000235. The number of benzene rings is 1. The van der Waals surface area contributed by atoms with E-state index in [1.54, 1.807) is 36.5 Å². The highest BCUT2D eigenvalue weighted by molar-refractivity contribution is 7.80. The van der Waals surface area contributed by atoms with Crippen LogP contribution in [0.4, 0.5) is 11.6 Å². The van der Waals surface area contributed by atoms with Gasteiger partial charge in [0.2, 0.25) is 5.95 Å². The molecule has 2 fully saturated rings. The molecule has 340 valence electrons. The number of aromatic nitrogens is 3. The van der Waals surface area contributed by atoms with E-state index in [2.05, 4.69) is 25.7 Å². The fraction of sp³-hybridized carbons (Fsp3) is 0.595. The maximum atomic E-state index is 13.1. The fourth-order valence-electron chi connectivity index (χ4n) is 7.53. The second kappa shape index (κ2) is 26.2. The van der Waals surface area contributed by atoms with Crippen molar-refractivity contribution in [3.63, 3.8) is 0 Å². The summed E-state index contributed by atoms with van der Waals surface area (Å²) in [6.45, 7) is 5.15. The van der Waals surface area contributed by atoms with E-state index < -0.39 is 29.0 Å². The largest absolute Gasteiger partial charge is 0.382 e. The van der Waals surface area contributed by atoms with Crippen LogP contribution in [0.2, 0.25) is 0 Å². The first kappa shape index (κ1) is 48.5. The molecule has 2 atom stereocenters. The molecule has 4 heterocycles. The van der Waals surface area contributed by atoms with Crippen LogP contribution in [0.3, 0.4) is 0 Å². The molecule has 1 aliphatic carbocycles. The highest BCUT2D eigenvalue weighted by atomic mass is 32.2. The highest BCUT2D eigenvalue weighted by Crippen LogP contribution is 2.32. The summed E-state index contributed by atoms with van der Waals surface area (Å²) < 4.78 is 41.9. The number of carbonyl (C=O) groups is 4. The summed E-state index contributed by atoms with van der Waals surface area (Å²) in [5.74, 6) is -0.603. The van der Waals surface area contributed by atoms with Gasteiger partial charge in [0.25, 0.3) is 17.4 Å². The number of amides is 2. The van der Waals surface area contributed by atoms with Gasteiger partial charge in [-0.25, -0.2) is 18.2 Å². The Morgan fingerprint density at radius 2 is 1.48 bits per heavy atom. The average Bonchev–Trinajstić information content (AvgIpc) is 3.90. The molecule has 6 rings (SSSR count). The van der Waals surface area contributed by atoms with Gasteiger partial charge in [-0.2, -0.15) is 4.98 Å². The molecule has 4 N–H and O–H groups in total. The van der Waals surface area contributed by atoms with Crippen molar-refractivity contribution >= 4 is 58.2 Å². The standard InChI is InChI=1S/C40H54N8O10S.C2H7N/c49-18-4-7-32(28-50)48-38(52)33-8-3-9-34(36(33)39(48)53)41-14-19-55-21-23-57-25-26-58-24-22-56-20-15-43-59(54)46-16-12-30(13-17-46)44-40-42-27-29-10-11-35(51)47(37(29)45-40)31-5-1-2-6-31;1-3-2/h3,8-11,18,27-28,30-32,41,43H,1-2,4-7,12-17,19-26H2,(H,42,44,45);3H,1-2H3. The predicted molar refractivity (Wildman–Crippen MR) is 235 cm³/mol. The fourth-order valence-corrected chi connectivity index (χ4v) is 8.52. The van der Waals surface area contributed by atoms with E-state index in [0.717, 1.165) is 48.8 Å². The first-order valence-electron chi connectivity index (χ1n) is 21.4. The number of nitrogens with zero attached hydrogens (tertiary/aromatic N) is 5. The van der Waals surface area contributed by atoms with Crippen molar-refractivity contribution in [1.29, 1.82) is 0 Å². The van der Waals surface area contributed by atoms with Gasteiger partial charge in [0.05, 0.1) is 70.0 Å².